The van der Waals surface area contributed by atoms with Crippen LogP contribution in [0.2, 0.25) is 0 Å². The number of esters is 1. The monoisotopic (exact) mass is 264 g/mol. The first-order chi connectivity index (χ1) is 8.78. The largest absolute Gasteiger partial charge is 0.458 e. The number of ether oxygens (including phenoxy) is 1. The van der Waals surface area contributed by atoms with Gasteiger partial charge in [0.15, 0.2) is 0 Å². The molecule has 19 heavy (non-hydrogen) atoms. The lowest BCUT2D eigenvalue weighted by atomic mass is 10.1. The number of nitro benzene ring substituents is 1. The summed E-state index contributed by atoms with van der Waals surface area (Å²) in [5.41, 5.74) is 0.656. The Bertz CT molecular complexity index is 534. The SMILES string of the molecule is CC(C)(C)OC(=O)[C@@H]1Cc2c(cccc2[N+](=O)[O-])N1. The Morgan fingerprint density at radius 1 is 1.47 bits per heavy atom. The molecule has 0 fully saturated rings. The van der Waals surface area contributed by atoms with Gasteiger partial charge in [-0.15, -0.1) is 0 Å². The molecule has 1 heterocycles. The molecule has 6 heteroatoms. The van der Waals surface area contributed by atoms with Crippen LogP contribution in [0.3, 0.4) is 0 Å². The molecule has 0 spiro atoms. The summed E-state index contributed by atoms with van der Waals surface area (Å²) < 4.78 is 5.28. The maximum atomic E-state index is 12.0. The first-order valence-corrected chi connectivity index (χ1v) is 6.03. The minimum Gasteiger partial charge on any atom is -0.458 e. The highest BCUT2D eigenvalue weighted by Crippen LogP contribution is 2.33. The lowest BCUT2D eigenvalue weighted by molar-refractivity contribution is -0.385. The molecule has 1 aromatic carbocycles. The number of nitrogens with zero attached hydrogens (tertiary/aromatic N) is 1. The van der Waals surface area contributed by atoms with E-state index >= 15 is 0 Å². The van der Waals surface area contributed by atoms with Gasteiger partial charge in [-0.05, 0) is 26.8 Å². The van der Waals surface area contributed by atoms with E-state index < -0.39 is 22.5 Å². The van der Waals surface area contributed by atoms with Crippen molar-refractivity contribution in [3.63, 3.8) is 0 Å². The molecular weight excluding hydrogens is 248 g/mol. The van der Waals surface area contributed by atoms with Crippen molar-refractivity contribution in [1.29, 1.82) is 0 Å². The summed E-state index contributed by atoms with van der Waals surface area (Å²) in [6.07, 6.45) is 0.279. The molecule has 1 aliphatic heterocycles. The lowest BCUT2D eigenvalue weighted by Gasteiger charge is -2.22. The molecule has 1 N–H and O–H groups in total. The summed E-state index contributed by atoms with van der Waals surface area (Å²) in [5, 5.41) is 13.9. The third-order valence-corrected chi connectivity index (χ3v) is 2.78. The fourth-order valence-corrected chi connectivity index (χ4v) is 2.05. The summed E-state index contributed by atoms with van der Waals surface area (Å²) in [6, 6.07) is 4.21. The van der Waals surface area contributed by atoms with E-state index in [0.717, 1.165) is 0 Å². The van der Waals surface area contributed by atoms with E-state index in [1.807, 2.05) is 0 Å². The maximum Gasteiger partial charge on any atom is 0.329 e. The van der Waals surface area contributed by atoms with Gasteiger partial charge in [-0.25, -0.2) is 4.79 Å². The molecule has 0 aromatic heterocycles. The van der Waals surface area contributed by atoms with Crippen LogP contribution < -0.4 is 5.32 Å². The number of hydrogen-bond donors (Lipinski definition) is 1. The van der Waals surface area contributed by atoms with Gasteiger partial charge in [-0.1, -0.05) is 6.07 Å². The Morgan fingerprint density at radius 3 is 2.74 bits per heavy atom. The molecule has 1 aliphatic rings. The summed E-state index contributed by atoms with van der Waals surface area (Å²) in [7, 11) is 0. The summed E-state index contributed by atoms with van der Waals surface area (Å²) >= 11 is 0. The van der Waals surface area contributed by atoms with Crippen LogP contribution in [0.25, 0.3) is 0 Å². The second kappa shape index (κ2) is 4.53. The fourth-order valence-electron chi connectivity index (χ4n) is 2.05. The van der Waals surface area contributed by atoms with E-state index in [1.165, 1.54) is 6.07 Å². The van der Waals surface area contributed by atoms with Crippen molar-refractivity contribution in [2.75, 3.05) is 5.32 Å². The highest BCUT2D eigenvalue weighted by Gasteiger charge is 2.34. The third-order valence-electron chi connectivity index (χ3n) is 2.78. The number of benzene rings is 1. The second-order valence-corrected chi connectivity index (χ2v) is 5.49. The van der Waals surface area contributed by atoms with Crippen molar-refractivity contribution in [1.82, 2.24) is 0 Å². The molecule has 6 nitrogen and oxygen atoms in total. The predicted molar refractivity (Wildman–Crippen MR) is 70.1 cm³/mol. The summed E-state index contributed by atoms with van der Waals surface area (Å²) in [4.78, 5) is 22.5. The van der Waals surface area contributed by atoms with E-state index in [1.54, 1.807) is 32.9 Å². The Balaban J connectivity index is 2.19. The highest BCUT2D eigenvalue weighted by atomic mass is 16.6. The molecule has 0 amide bonds. The van der Waals surface area contributed by atoms with E-state index in [0.29, 0.717) is 11.3 Å². The van der Waals surface area contributed by atoms with Crippen molar-refractivity contribution in [3.8, 4) is 0 Å². The third kappa shape index (κ3) is 2.83. The van der Waals surface area contributed by atoms with Gasteiger partial charge in [0.1, 0.15) is 11.6 Å². The van der Waals surface area contributed by atoms with Crippen LogP contribution in [0.1, 0.15) is 26.3 Å². The first-order valence-electron chi connectivity index (χ1n) is 6.03. The van der Waals surface area contributed by atoms with Gasteiger partial charge in [0, 0.05) is 18.2 Å². The van der Waals surface area contributed by atoms with Crippen LogP contribution in [0.15, 0.2) is 18.2 Å². The van der Waals surface area contributed by atoms with Gasteiger partial charge < -0.3 is 10.1 Å². The van der Waals surface area contributed by atoms with E-state index in [-0.39, 0.29) is 12.1 Å². The quantitative estimate of drug-likeness (QED) is 0.503. The highest BCUT2D eigenvalue weighted by molar-refractivity contribution is 5.84. The van der Waals surface area contributed by atoms with E-state index in [4.69, 9.17) is 4.74 Å². The fraction of sp³-hybridized carbons (Fsp3) is 0.462. The van der Waals surface area contributed by atoms with Crippen molar-refractivity contribution < 1.29 is 14.5 Å². The van der Waals surface area contributed by atoms with Crippen molar-refractivity contribution >= 4 is 17.3 Å². The van der Waals surface area contributed by atoms with Crippen LogP contribution in [-0.2, 0) is 16.0 Å². The van der Waals surface area contributed by atoms with Crippen LogP contribution in [0.4, 0.5) is 11.4 Å². The van der Waals surface area contributed by atoms with Gasteiger partial charge in [0.25, 0.3) is 5.69 Å². The number of hydrogen-bond acceptors (Lipinski definition) is 5. The predicted octanol–water partition coefficient (Wildman–Crippen LogP) is 2.27. The molecule has 0 bridgehead atoms. The standard InChI is InChI=1S/C13H16N2O4/c1-13(2,3)19-12(16)10-7-8-9(14-10)5-4-6-11(8)15(17)18/h4-6,10,14H,7H2,1-3H3/t10-/m0/s1. The molecule has 0 saturated carbocycles. The van der Waals surface area contributed by atoms with Crippen molar-refractivity contribution in [2.24, 2.45) is 0 Å². The minimum atomic E-state index is -0.570. The minimum absolute atomic E-state index is 0.0380. The zero-order chi connectivity index (χ0) is 14.2. The van der Waals surface area contributed by atoms with Gasteiger partial charge in [0.05, 0.1) is 10.5 Å². The molecule has 2 rings (SSSR count). The van der Waals surface area contributed by atoms with Gasteiger partial charge >= 0.3 is 5.97 Å². The van der Waals surface area contributed by atoms with Gasteiger partial charge in [0.2, 0.25) is 0 Å². The zero-order valence-corrected chi connectivity index (χ0v) is 11.1. The molecule has 1 aromatic rings. The van der Waals surface area contributed by atoms with Crippen molar-refractivity contribution in [2.45, 2.75) is 38.8 Å². The number of carbonyl (C=O) groups excluding carboxylic acids is 1. The molecule has 0 unspecified atom stereocenters. The molecular formula is C13H16N2O4. The smallest absolute Gasteiger partial charge is 0.329 e. The second-order valence-electron chi connectivity index (χ2n) is 5.49. The van der Waals surface area contributed by atoms with Crippen LogP contribution in [0.5, 0.6) is 0 Å². The normalized spacial score (nSPS) is 17.5. The zero-order valence-electron chi connectivity index (χ0n) is 11.1. The van der Waals surface area contributed by atoms with Crippen LogP contribution in [-0.4, -0.2) is 22.5 Å². The number of nitro groups is 1. The Morgan fingerprint density at radius 2 is 2.16 bits per heavy atom. The van der Waals surface area contributed by atoms with Crippen LogP contribution >= 0.6 is 0 Å². The average molecular weight is 264 g/mol. The Kier molecular flexibility index (Phi) is 3.18. The molecule has 0 saturated heterocycles. The number of fused-ring (bicyclic) bond motifs is 1. The Labute approximate surface area is 110 Å². The average Bonchev–Trinajstić information content (AvgIpc) is 2.69. The van der Waals surface area contributed by atoms with E-state index in [2.05, 4.69) is 5.32 Å². The molecule has 102 valence electrons. The number of anilines is 1. The summed E-state index contributed by atoms with van der Waals surface area (Å²) in [5.74, 6) is -0.391. The van der Waals surface area contributed by atoms with Gasteiger partial charge in [-0.3, -0.25) is 10.1 Å². The molecule has 0 radical (unpaired) electrons. The van der Waals surface area contributed by atoms with Crippen molar-refractivity contribution in [3.05, 3.63) is 33.9 Å². The van der Waals surface area contributed by atoms with Crippen LogP contribution in [0, 0.1) is 10.1 Å². The van der Waals surface area contributed by atoms with Gasteiger partial charge in [-0.2, -0.15) is 0 Å². The summed E-state index contributed by atoms with van der Waals surface area (Å²) in [6.45, 7) is 5.36. The number of carbonyl (C=O) groups is 1. The molecule has 1 atom stereocenters. The first kappa shape index (κ1) is 13.3. The number of rotatable bonds is 2. The van der Waals surface area contributed by atoms with E-state index in [9.17, 15) is 14.9 Å². The topological polar surface area (TPSA) is 81.5 Å². The number of nitrogens with one attached hydrogen (secondary N) is 1. The maximum absolute atomic E-state index is 12.0. The Hall–Kier alpha value is -2.11. The lowest BCUT2D eigenvalue weighted by Crippen LogP contribution is -2.35. The molecule has 0 aliphatic carbocycles.